The molecule has 0 aliphatic carbocycles. The summed E-state index contributed by atoms with van der Waals surface area (Å²) in [5.74, 6) is -0.247. The molecule has 30 heavy (non-hydrogen) atoms. The van der Waals surface area contributed by atoms with Crippen LogP contribution >= 0.6 is 23.4 Å². The van der Waals surface area contributed by atoms with Gasteiger partial charge in [0.05, 0.1) is 17.1 Å². The molecule has 0 N–H and O–H groups in total. The zero-order chi connectivity index (χ0) is 20.9. The maximum absolute atomic E-state index is 12.2. The van der Waals surface area contributed by atoms with E-state index in [9.17, 15) is 4.79 Å². The summed E-state index contributed by atoms with van der Waals surface area (Å²) in [6.07, 6.45) is 3.42. The second kappa shape index (κ2) is 9.15. The van der Waals surface area contributed by atoms with Gasteiger partial charge in [0.25, 0.3) is 0 Å². The number of rotatable bonds is 7. The molecule has 2 heterocycles. The fraction of sp³-hybridized carbons (Fsp3) is 0.143. The van der Waals surface area contributed by atoms with Crippen molar-refractivity contribution in [3.8, 4) is 11.4 Å². The lowest BCUT2D eigenvalue weighted by Crippen LogP contribution is -2.09. The molecule has 0 spiro atoms. The van der Waals surface area contributed by atoms with Gasteiger partial charge in [0.15, 0.2) is 5.16 Å². The van der Waals surface area contributed by atoms with Crippen molar-refractivity contribution < 1.29 is 9.53 Å². The molecular formula is C21H18ClN5O2S. The number of benzene rings is 2. The van der Waals surface area contributed by atoms with Crippen LogP contribution in [0, 0.1) is 6.92 Å². The van der Waals surface area contributed by atoms with Gasteiger partial charge in [-0.25, -0.2) is 4.68 Å². The molecule has 0 amide bonds. The third-order valence-corrected chi connectivity index (χ3v) is 5.64. The van der Waals surface area contributed by atoms with Crippen LogP contribution in [0.3, 0.4) is 0 Å². The molecule has 0 aliphatic rings. The minimum absolute atomic E-state index is 0.109. The molecule has 0 atom stereocenters. The Kier molecular flexibility index (Phi) is 6.15. The molecule has 7 nitrogen and oxygen atoms in total. The van der Waals surface area contributed by atoms with Crippen molar-refractivity contribution >= 4 is 29.3 Å². The van der Waals surface area contributed by atoms with E-state index in [1.54, 1.807) is 15.6 Å². The first-order chi connectivity index (χ1) is 14.6. The summed E-state index contributed by atoms with van der Waals surface area (Å²) < 4.78 is 8.87. The lowest BCUT2D eigenvalue weighted by Gasteiger charge is -2.08. The van der Waals surface area contributed by atoms with Crippen LogP contribution in [0.1, 0.15) is 11.3 Å². The Balaban J connectivity index is 1.32. The lowest BCUT2D eigenvalue weighted by molar-refractivity contribution is -0.141. The third kappa shape index (κ3) is 4.72. The second-order valence-electron chi connectivity index (χ2n) is 6.45. The number of carbonyl (C=O) groups is 1. The first-order valence-corrected chi connectivity index (χ1v) is 10.5. The molecule has 4 rings (SSSR count). The largest absolute Gasteiger partial charge is 0.458 e. The fourth-order valence-corrected chi connectivity index (χ4v) is 3.62. The second-order valence-corrected chi connectivity index (χ2v) is 7.80. The van der Waals surface area contributed by atoms with E-state index in [-0.39, 0.29) is 18.3 Å². The van der Waals surface area contributed by atoms with Crippen LogP contribution in [0.4, 0.5) is 0 Å². The van der Waals surface area contributed by atoms with E-state index >= 15 is 0 Å². The first-order valence-electron chi connectivity index (χ1n) is 9.15. The number of aryl methyl sites for hydroxylation is 1. The molecule has 2 aromatic heterocycles. The summed E-state index contributed by atoms with van der Waals surface area (Å²) in [4.78, 5) is 12.2. The standard InChI is InChI=1S/C21H18ClN5O2S/c1-15-7-8-18(11-19(15)22)26-14-23-24-21(26)30-13-20(28)29-12-16-9-10-27(25-16)17-5-3-2-4-6-17/h2-11,14H,12-13H2,1H3. The van der Waals surface area contributed by atoms with Crippen molar-refractivity contribution in [2.45, 2.75) is 18.7 Å². The van der Waals surface area contributed by atoms with E-state index in [1.165, 1.54) is 11.8 Å². The third-order valence-electron chi connectivity index (χ3n) is 4.32. The van der Waals surface area contributed by atoms with Gasteiger partial charge in [-0.3, -0.25) is 9.36 Å². The van der Waals surface area contributed by atoms with E-state index in [1.807, 2.05) is 67.7 Å². The van der Waals surface area contributed by atoms with Crippen LogP contribution in [-0.2, 0) is 16.1 Å². The molecule has 152 valence electrons. The average molecular weight is 440 g/mol. The Morgan fingerprint density at radius 1 is 1.13 bits per heavy atom. The zero-order valence-corrected chi connectivity index (χ0v) is 17.7. The van der Waals surface area contributed by atoms with E-state index in [0.29, 0.717) is 15.9 Å². The monoisotopic (exact) mass is 439 g/mol. The topological polar surface area (TPSA) is 74.8 Å². The lowest BCUT2D eigenvalue weighted by atomic mass is 10.2. The van der Waals surface area contributed by atoms with Crippen molar-refractivity contribution in [1.82, 2.24) is 24.5 Å². The number of thioether (sulfide) groups is 1. The highest BCUT2D eigenvalue weighted by Gasteiger charge is 2.12. The number of hydrogen-bond donors (Lipinski definition) is 0. The Labute approximate surface area is 182 Å². The molecule has 0 saturated carbocycles. The van der Waals surface area contributed by atoms with Gasteiger partial charge in [0, 0.05) is 11.2 Å². The van der Waals surface area contributed by atoms with E-state index in [2.05, 4.69) is 15.3 Å². The van der Waals surface area contributed by atoms with Crippen molar-refractivity contribution in [2.24, 2.45) is 0 Å². The fourth-order valence-electron chi connectivity index (χ4n) is 2.71. The van der Waals surface area contributed by atoms with Crippen LogP contribution in [0.15, 0.2) is 72.3 Å². The normalized spacial score (nSPS) is 10.9. The SMILES string of the molecule is Cc1ccc(-n2cnnc2SCC(=O)OCc2ccn(-c3ccccc3)n2)cc1Cl. The number of esters is 1. The molecular weight excluding hydrogens is 422 g/mol. The molecule has 0 fully saturated rings. The number of nitrogens with zero attached hydrogens (tertiary/aromatic N) is 5. The summed E-state index contributed by atoms with van der Waals surface area (Å²) in [5.41, 5.74) is 3.44. The summed E-state index contributed by atoms with van der Waals surface area (Å²) >= 11 is 7.46. The smallest absolute Gasteiger partial charge is 0.316 e. The van der Waals surface area contributed by atoms with Gasteiger partial charge in [-0.05, 0) is 42.8 Å². The van der Waals surface area contributed by atoms with E-state index in [4.69, 9.17) is 16.3 Å². The highest BCUT2D eigenvalue weighted by atomic mass is 35.5. The summed E-state index contributed by atoms with van der Waals surface area (Å²) in [6, 6.07) is 17.3. The maximum Gasteiger partial charge on any atom is 0.316 e. The molecule has 0 bridgehead atoms. The molecule has 4 aromatic rings. The van der Waals surface area contributed by atoms with Gasteiger partial charge in [-0.15, -0.1) is 10.2 Å². The van der Waals surface area contributed by atoms with E-state index in [0.717, 1.165) is 16.9 Å². The molecule has 9 heteroatoms. The van der Waals surface area contributed by atoms with Gasteiger partial charge >= 0.3 is 5.97 Å². The number of ether oxygens (including phenoxy) is 1. The highest BCUT2D eigenvalue weighted by molar-refractivity contribution is 7.99. The van der Waals surface area contributed by atoms with Crippen LogP contribution < -0.4 is 0 Å². The number of hydrogen-bond acceptors (Lipinski definition) is 6. The minimum atomic E-state index is -0.356. The average Bonchev–Trinajstić information content (AvgIpc) is 3.43. The maximum atomic E-state index is 12.2. The first kappa shape index (κ1) is 20.2. The molecule has 0 radical (unpaired) electrons. The van der Waals surface area contributed by atoms with Crippen LogP contribution in [0.5, 0.6) is 0 Å². The zero-order valence-electron chi connectivity index (χ0n) is 16.1. The van der Waals surface area contributed by atoms with Gasteiger partial charge in [-0.1, -0.05) is 47.6 Å². The van der Waals surface area contributed by atoms with Crippen molar-refractivity contribution in [3.05, 3.63) is 83.4 Å². The Morgan fingerprint density at radius 3 is 2.77 bits per heavy atom. The van der Waals surface area contributed by atoms with Gasteiger partial charge in [0.1, 0.15) is 18.6 Å². The van der Waals surface area contributed by atoms with Gasteiger partial charge in [0.2, 0.25) is 0 Å². The Bertz CT molecular complexity index is 1160. The van der Waals surface area contributed by atoms with Gasteiger partial charge in [-0.2, -0.15) is 5.10 Å². The Hall–Kier alpha value is -3.10. The molecule has 0 aliphatic heterocycles. The summed E-state index contributed by atoms with van der Waals surface area (Å²) in [6.45, 7) is 2.05. The van der Waals surface area contributed by atoms with Crippen LogP contribution in [-0.4, -0.2) is 36.3 Å². The minimum Gasteiger partial charge on any atom is -0.458 e. The summed E-state index contributed by atoms with van der Waals surface area (Å²) in [7, 11) is 0. The van der Waals surface area contributed by atoms with Crippen LogP contribution in [0.25, 0.3) is 11.4 Å². The van der Waals surface area contributed by atoms with Crippen molar-refractivity contribution in [1.29, 1.82) is 0 Å². The number of para-hydroxylation sites is 1. The molecule has 0 unspecified atom stereocenters. The molecule has 2 aromatic carbocycles. The summed E-state index contributed by atoms with van der Waals surface area (Å²) in [5, 5.41) is 13.7. The van der Waals surface area contributed by atoms with Crippen LogP contribution in [0.2, 0.25) is 5.02 Å². The number of carbonyl (C=O) groups excluding carboxylic acids is 1. The predicted octanol–water partition coefficient (Wildman–Crippen LogP) is 4.25. The Morgan fingerprint density at radius 2 is 1.97 bits per heavy atom. The quantitative estimate of drug-likeness (QED) is 0.316. The number of aromatic nitrogens is 5. The van der Waals surface area contributed by atoms with Crippen molar-refractivity contribution in [2.75, 3.05) is 5.75 Å². The van der Waals surface area contributed by atoms with E-state index < -0.39 is 0 Å². The van der Waals surface area contributed by atoms with Crippen molar-refractivity contribution in [3.63, 3.8) is 0 Å². The highest BCUT2D eigenvalue weighted by Crippen LogP contribution is 2.24. The number of halogens is 1. The molecule has 0 saturated heterocycles. The van der Waals surface area contributed by atoms with Gasteiger partial charge < -0.3 is 4.74 Å². The predicted molar refractivity (Wildman–Crippen MR) is 115 cm³/mol.